The number of benzene rings is 1. The molecule has 0 aliphatic rings. The van der Waals surface area contributed by atoms with Crippen LogP contribution in [0.3, 0.4) is 0 Å². The minimum absolute atomic E-state index is 0. The Balaban J connectivity index is 0.000000938. The van der Waals surface area contributed by atoms with Crippen molar-refractivity contribution in [2.75, 3.05) is 0 Å². The van der Waals surface area contributed by atoms with Gasteiger partial charge in [0.05, 0.1) is 0 Å². The van der Waals surface area contributed by atoms with Crippen molar-refractivity contribution in [3.8, 4) is 23.3 Å². The minimum atomic E-state index is 0. The molecule has 0 unspecified atom stereocenters. The van der Waals surface area contributed by atoms with Crippen LogP contribution in [0.1, 0.15) is 37.7 Å². The van der Waals surface area contributed by atoms with Gasteiger partial charge in [-0.1, -0.05) is 19.8 Å². The maximum Gasteiger partial charge on any atom is 0.158 e. The molecule has 0 aliphatic carbocycles. The molecule has 7 heteroatoms. The van der Waals surface area contributed by atoms with E-state index in [2.05, 4.69) is 32.0 Å². The second kappa shape index (κ2) is 8.67. The Bertz CT molecular complexity index is 1430. The average Bonchev–Trinajstić information content (AvgIpc) is 3.42. The Labute approximate surface area is 181 Å². The van der Waals surface area contributed by atoms with Gasteiger partial charge in [-0.3, -0.25) is 0 Å². The van der Waals surface area contributed by atoms with Gasteiger partial charge in [0.25, 0.3) is 0 Å². The van der Waals surface area contributed by atoms with E-state index in [0.29, 0.717) is 11.4 Å². The van der Waals surface area contributed by atoms with Crippen molar-refractivity contribution in [3.63, 3.8) is 0 Å². The van der Waals surface area contributed by atoms with Gasteiger partial charge >= 0.3 is 0 Å². The van der Waals surface area contributed by atoms with Gasteiger partial charge in [0.2, 0.25) is 0 Å². The summed E-state index contributed by atoms with van der Waals surface area (Å²) in [5, 5.41) is 8.30. The van der Waals surface area contributed by atoms with Crippen LogP contribution in [0.2, 0.25) is 0 Å². The SMILES string of the molecule is CC.Cc1cc(C#Cc2ncnn3ccc(C)c23)ccc1Oc1ccn2ncnc2c1.[HH]. The molecule has 0 amide bonds. The van der Waals surface area contributed by atoms with E-state index in [9.17, 15) is 0 Å². The van der Waals surface area contributed by atoms with E-state index in [1.54, 1.807) is 9.03 Å². The van der Waals surface area contributed by atoms with Crippen molar-refractivity contribution < 1.29 is 6.16 Å². The zero-order chi connectivity index (χ0) is 21.8. The molecule has 0 spiro atoms. The number of rotatable bonds is 2. The van der Waals surface area contributed by atoms with Crippen LogP contribution in [-0.4, -0.2) is 29.2 Å². The molecule has 7 nitrogen and oxygen atoms in total. The van der Waals surface area contributed by atoms with E-state index >= 15 is 0 Å². The van der Waals surface area contributed by atoms with Gasteiger partial charge in [-0.2, -0.15) is 10.2 Å². The second-order valence-corrected chi connectivity index (χ2v) is 6.66. The lowest BCUT2D eigenvalue weighted by molar-refractivity contribution is 0.478. The summed E-state index contributed by atoms with van der Waals surface area (Å²) in [6, 6.07) is 11.6. The topological polar surface area (TPSA) is 69.6 Å². The first-order valence-electron chi connectivity index (χ1n) is 10.1. The number of fused-ring (bicyclic) bond motifs is 2. The molecule has 5 aromatic rings. The highest BCUT2D eigenvalue weighted by molar-refractivity contribution is 5.64. The fraction of sp³-hybridized carbons (Fsp3) is 0.167. The van der Waals surface area contributed by atoms with Gasteiger partial charge in [0, 0.05) is 25.5 Å². The van der Waals surface area contributed by atoms with Gasteiger partial charge < -0.3 is 4.74 Å². The summed E-state index contributed by atoms with van der Waals surface area (Å²) in [5.41, 5.74) is 5.36. The highest BCUT2D eigenvalue weighted by Gasteiger charge is 2.06. The summed E-state index contributed by atoms with van der Waals surface area (Å²) in [6.07, 6.45) is 6.76. The number of ether oxygens (including phenoxy) is 1. The molecule has 0 radical (unpaired) electrons. The summed E-state index contributed by atoms with van der Waals surface area (Å²) in [6.45, 7) is 8.02. The molecule has 0 fully saturated rings. The lowest BCUT2D eigenvalue weighted by atomic mass is 10.1. The third-order valence-corrected chi connectivity index (χ3v) is 4.64. The Kier molecular flexibility index (Phi) is 5.63. The summed E-state index contributed by atoms with van der Waals surface area (Å²) >= 11 is 0. The maximum atomic E-state index is 6.01. The fourth-order valence-corrected chi connectivity index (χ4v) is 3.16. The van der Waals surface area contributed by atoms with Gasteiger partial charge in [-0.05, 0) is 61.2 Å². The van der Waals surface area contributed by atoms with E-state index in [0.717, 1.165) is 33.6 Å². The minimum Gasteiger partial charge on any atom is -0.457 e. The van der Waals surface area contributed by atoms with Crippen molar-refractivity contribution in [1.82, 2.24) is 29.2 Å². The van der Waals surface area contributed by atoms with Crippen LogP contribution < -0.4 is 4.74 Å². The van der Waals surface area contributed by atoms with E-state index in [1.807, 2.05) is 76.5 Å². The van der Waals surface area contributed by atoms with Crippen LogP contribution in [0.5, 0.6) is 11.5 Å². The Morgan fingerprint density at radius 1 is 0.839 bits per heavy atom. The third kappa shape index (κ3) is 4.09. The number of pyridine rings is 1. The van der Waals surface area contributed by atoms with E-state index in [4.69, 9.17) is 4.74 Å². The highest BCUT2D eigenvalue weighted by atomic mass is 16.5. The monoisotopic (exact) mass is 412 g/mol. The van der Waals surface area contributed by atoms with Crippen molar-refractivity contribution in [3.05, 3.63) is 83.8 Å². The average molecular weight is 412 g/mol. The van der Waals surface area contributed by atoms with E-state index in [1.165, 1.54) is 12.7 Å². The molecule has 0 N–H and O–H groups in total. The third-order valence-electron chi connectivity index (χ3n) is 4.64. The molecule has 5 rings (SSSR count). The van der Waals surface area contributed by atoms with Crippen LogP contribution in [-0.2, 0) is 0 Å². The Hall–Kier alpha value is -4.18. The van der Waals surface area contributed by atoms with E-state index < -0.39 is 0 Å². The van der Waals surface area contributed by atoms with Gasteiger partial charge in [-0.25, -0.2) is 19.0 Å². The number of aromatic nitrogens is 6. The molecular weight excluding hydrogens is 388 g/mol. The van der Waals surface area contributed by atoms with Crippen molar-refractivity contribution in [1.29, 1.82) is 0 Å². The summed E-state index contributed by atoms with van der Waals surface area (Å²) < 4.78 is 9.50. The molecule has 1 aromatic carbocycles. The van der Waals surface area contributed by atoms with Crippen LogP contribution in [0.15, 0.2) is 61.4 Å². The van der Waals surface area contributed by atoms with Crippen molar-refractivity contribution in [2.24, 2.45) is 0 Å². The Morgan fingerprint density at radius 3 is 2.45 bits per heavy atom. The highest BCUT2D eigenvalue weighted by Crippen LogP contribution is 2.26. The van der Waals surface area contributed by atoms with Crippen LogP contribution in [0.4, 0.5) is 0 Å². The van der Waals surface area contributed by atoms with Crippen LogP contribution in [0, 0.1) is 25.7 Å². The predicted octanol–water partition coefficient (Wildman–Crippen LogP) is 4.85. The lowest BCUT2D eigenvalue weighted by Gasteiger charge is -2.09. The number of hydrogen-bond acceptors (Lipinski definition) is 5. The number of nitrogens with zero attached hydrogens (tertiary/aromatic N) is 6. The van der Waals surface area contributed by atoms with Crippen molar-refractivity contribution >= 4 is 11.2 Å². The molecule has 0 atom stereocenters. The Morgan fingerprint density at radius 2 is 1.61 bits per heavy atom. The lowest BCUT2D eigenvalue weighted by Crippen LogP contribution is -1.95. The van der Waals surface area contributed by atoms with Gasteiger partial charge in [-0.15, -0.1) is 0 Å². The zero-order valence-corrected chi connectivity index (χ0v) is 17.9. The molecule has 156 valence electrons. The smallest absolute Gasteiger partial charge is 0.158 e. The van der Waals surface area contributed by atoms with Crippen LogP contribution >= 0.6 is 0 Å². The first-order valence-corrected chi connectivity index (χ1v) is 10.1. The summed E-state index contributed by atoms with van der Waals surface area (Å²) in [7, 11) is 0. The van der Waals surface area contributed by atoms with Crippen molar-refractivity contribution in [2.45, 2.75) is 27.7 Å². The standard InChI is InChI=1S/C22H16N6O.C2H6.H2/c1-15-7-9-28-22(15)19(23-13-26-28)5-3-17-4-6-20(16(2)11-17)29-18-8-10-27-21(12-18)24-14-25-27;1-2;/h4,6-14H,1-2H3;1-2H3;1H. The quantitative estimate of drug-likeness (QED) is 0.388. The first-order chi connectivity index (χ1) is 15.2. The molecule has 0 saturated carbocycles. The van der Waals surface area contributed by atoms with Gasteiger partial charge in [0.15, 0.2) is 5.65 Å². The molecule has 0 bridgehead atoms. The first kappa shape index (κ1) is 20.1. The molecule has 4 aromatic heterocycles. The number of aryl methyl sites for hydroxylation is 2. The fourth-order valence-electron chi connectivity index (χ4n) is 3.16. The summed E-state index contributed by atoms with van der Waals surface area (Å²) in [4.78, 5) is 8.50. The second-order valence-electron chi connectivity index (χ2n) is 6.66. The number of hydrogen-bond donors (Lipinski definition) is 0. The zero-order valence-electron chi connectivity index (χ0n) is 17.9. The normalized spacial score (nSPS) is 10.3. The predicted molar refractivity (Wildman–Crippen MR) is 121 cm³/mol. The molecule has 31 heavy (non-hydrogen) atoms. The van der Waals surface area contributed by atoms with E-state index in [-0.39, 0.29) is 1.43 Å². The largest absolute Gasteiger partial charge is 0.457 e. The van der Waals surface area contributed by atoms with Crippen LogP contribution in [0.25, 0.3) is 11.2 Å². The molecular formula is C24H24N6O. The summed E-state index contributed by atoms with van der Waals surface area (Å²) in [5.74, 6) is 7.83. The van der Waals surface area contributed by atoms with Gasteiger partial charge in [0.1, 0.15) is 35.4 Å². The molecule has 0 saturated heterocycles. The molecule has 4 heterocycles. The molecule has 0 aliphatic heterocycles. The maximum absolute atomic E-state index is 6.01.